The second-order valence-electron chi connectivity index (χ2n) is 5.72. The standard InChI is InChI=1S/C15H18BrN3S/c1-5-9-8-17-7-6-10(9)13-18-12(15(2,3)4)11(16)14(20)19-13/h6-8H,5H2,1-4H3,(H,18,19,20). The molecule has 0 radical (unpaired) electrons. The molecule has 2 aromatic rings. The summed E-state index contributed by atoms with van der Waals surface area (Å²) >= 11 is 8.93. The highest BCUT2D eigenvalue weighted by atomic mass is 79.9. The largest absolute Gasteiger partial charge is 0.342 e. The minimum atomic E-state index is -0.0382. The molecule has 0 spiro atoms. The lowest BCUT2D eigenvalue weighted by Crippen LogP contribution is -2.16. The summed E-state index contributed by atoms with van der Waals surface area (Å²) in [5, 5.41) is 0. The van der Waals surface area contributed by atoms with Crippen LogP contribution in [0, 0.1) is 4.64 Å². The van der Waals surface area contributed by atoms with E-state index in [-0.39, 0.29) is 5.41 Å². The predicted octanol–water partition coefficient (Wildman–Crippen LogP) is 4.82. The lowest BCUT2D eigenvalue weighted by atomic mass is 9.92. The fraction of sp³-hybridized carbons (Fsp3) is 0.400. The number of H-pyrrole nitrogens is 1. The van der Waals surface area contributed by atoms with Crippen molar-refractivity contribution in [3.63, 3.8) is 0 Å². The predicted molar refractivity (Wildman–Crippen MR) is 88.4 cm³/mol. The molecule has 0 aliphatic rings. The van der Waals surface area contributed by atoms with E-state index in [2.05, 4.69) is 58.6 Å². The van der Waals surface area contributed by atoms with E-state index in [1.54, 1.807) is 6.20 Å². The maximum Gasteiger partial charge on any atom is 0.144 e. The summed E-state index contributed by atoms with van der Waals surface area (Å²) in [5.74, 6) is 0.808. The molecule has 0 saturated heterocycles. The number of nitrogens with one attached hydrogen (secondary N) is 1. The van der Waals surface area contributed by atoms with E-state index in [0.717, 1.165) is 33.5 Å². The molecule has 5 heteroatoms. The highest BCUT2D eigenvalue weighted by Gasteiger charge is 2.21. The normalized spacial score (nSPS) is 11.7. The molecule has 0 fully saturated rings. The van der Waals surface area contributed by atoms with Gasteiger partial charge in [-0.3, -0.25) is 4.98 Å². The zero-order valence-electron chi connectivity index (χ0n) is 12.1. The highest BCUT2D eigenvalue weighted by Crippen LogP contribution is 2.31. The number of nitrogens with zero attached hydrogens (tertiary/aromatic N) is 2. The van der Waals surface area contributed by atoms with Crippen molar-refractivity contribution < 1.29 is 0 Å². The summed E-state index contributed by atoms with van der Waals surface area (Å²) in [4.78, 5) is 12.1. The van der Waals surface area contributed by atoms with E-state index >= 15 is 0 Å². The molecule has 0 aliphatic carbocycles. The highest BCUT2D eigenvalue weighted by molar-refractivity contribution is 9.10. The third kappa shape index (κ3) is 2.99. The average Bonchev–Trinajstić information content (AvgIpc) is 2.40. The Morgan fingerprint density at radius 2 is 2.05 bits per heavy atom. The molecule has 2 aromatic heterocycles. The van der Waals surface area contributed by atoms with E-state index in [1.807, 2.05) is 12.3 Å². The first-order valence-electron chi connectivity index (χ1n) is 6.58. The molecule has 0 amide bonds. The van der Waals surface area contributed by atoms with Crippen molar-refractivity contribution in [2.45, 2.75) is 39.5 Å². The lowest BCUT2D eigenvalue weighted by Gasteiger charge is -2.21. The second kappa shape index (κ2) is 5.74. The zero-order chi connectivity index (χ0) is 14.9. The first kappa shape index (κ1) is 15.3. The van der Waals surface area contributed by atoms with Crippen molar-refractivity contribution in [3.8, 4) is 11.4 Å². The summed E-state index contributed by atoms with van der Waals surface area (Å²) in [7, 11) is 0. The quantitative estimate of drug-likeness (QED) is 0.788. The van der Waals surface area contributed by atoms with Gasteiger partial charge in [0, 0.05) is 29.1 Å². The number of aromatic nitrogens is 3. The van der Waals surface area contributed by atoms with Crippen LogP contribution in [0.3, 0.4) is 0 Å². The van der Waals surface area contributed by atoms with Gasteiger partial charge >= 0.3 is 0 Å². The van der Waals surface area contributed by atoms with Crippen LogP contribution >= 0.6 is 28.1 Å². The molecule has 0 atom stereocenters. The van der Waals surface area contributed by atoms with Gasteiger partial charge < -0.3 is 4.98 Å². The maximum absolute atomic E-state index is 5.38. The van der Waals surface area contributed by atoms with Crippen LogP contribution in [0.15, 0.2) is 22.9 Å². The number of rotatable bonds is 2. The van der Waals surface area contributed by atoms with E-state index in [0.29, 0.717) is 4.64 Å². The number of halogens is 1. The third-order valence-corrected chi connectivity index (χ3v) is 4.48. The van der Waals surface area contributed by atoms with Gasteiger partial charge in [-0.15, -0.1) is 0 Å². The molecule has 0 saturated carbocycles. The lowest BCUT2D eigenvalue weighted by molar-refractivity contribution is 0.563. The van der Waals surface area contributed by atoms with Crippen LogP contribution in [0.5, 0.6) is 0 Å². The van der Waals surface area contributed by atoms with Gasteiger partial charge in [-0.2, -0.15) is 0 Å². The Kier molecular flexibility index (Phi) is 4.39. The molecule has 106 valence electrons. The van der Waals surface area contributed by atoms with Gasteiger partial charge in [-0.1, -0.05) is 39.9 Å². The molecule has 20 heavy (non-hydrogen) atoms. The minimum absolute atomic E-state index is 0.0382. The fourth-order valence-corrected chi connectivity index (χ4v) is 3.02. The molecule has 0 unspecified atom stereocenters. The smallest absolute Gasteiger partial charge is 0.144 e. The van der Waals surface area contributed by atoms with Crippen molar-refractivity contribution >= 4 is 28.1 Å². The fourth-order valence-electron chi connectivity index (χ4n) is 2.04. The molecule has 2 rings (SSSR count). The van der Waals surface area contributed by atoms with Gasteiger partial charge in [0.05, 0.1) is 4.47 Å². The van der Waals surface area contributed by atoms with E-state index in [1.165, 1.54) is 0 Å². The molecule has 0 bridgehead atoms. The Labute approximate surface area is 133 Å². The van der Waals surface area contributed by atoms with Crippen molar-refractivity contribution in [2.24, 2.45) is 0 Å². The van der Waals surface area contributed by atoms with E-state index < -0.39 is 0 Å². The first-order valence-corrected chi connectivity index (χ1v) is 7.78. The van der Waals surface area contributed by atoms with E-state index in [4.69, 9.17) is 12.2 Å². The van der Waals surface area contributed by atoms with Crippen LogP contribution in [-0.2, 0) is 11.8 Å². The van der Waals surface area contributed by atoms with Crippen LogP contribution in [-0.4, -0.2) is 15.0 Å². The Morgan fingerprint density at radius 3 is 2.65 bits per heavy atom. The summed E-state index contributed by atoms with van der Waals surface area (Å²) in [5.41, 5.74) is 3.24. The molecule has 0 aliphatic heterocycles. The summed E-state index contributed by atoms with van der Waals surface area (Å²) in [6.07, 6.45) is 4.57. The van der Waals surface area contributed by atoms with Gasteiger partial charge in [0.25, 0.3) is 0 Å². The van der Waals surface area contributed by atoms with Gasteiger partial charge in [0.1, 0.15) is 10.5 Å². The van der Waals surface area contributed by atoms with Crippen molar-refractivity contribution in [2.75, 3.05) is 0 Å². The average molecular weight is 352 g/mol. The van der Waals surface area contributed by atoms with E-state index in [9.17, 15) is 0 Å². The molecule has 2 heterocycles. The Hall–Kier alpha value is -1.07. The van der Waals surface area contributed by atoms with Crippen molar-refractivity contribution in [3.05, 3.63) is 38.8 Å². The first-order chi connectivity index (χ1) is 9.34. The maximum atomic E-state index is 5.38. The van der Waals surface area contributed by atoms with Crippen molar-refractivity contribution in [1.29, 1.82) is 0 Å². The number of hydrogen-bond acceptors (Lipinski definition) is 3. The van der Waals surface area contributed by atoms with Crippen molar-refractivity contribution in [1.82, 2.24) is 15.0 Å². The number of aryl methyl sites for hydroxylation is 1. The van der Waals surface area contributed by atoms with Crippen LogP contribution in [0.2, 0.25) is 0 Å². The summed E-state index contributed by atoms with van der Waals surface area (Å²) < 4.78 is 1.46. The Bertz CT molecular complexity index is 686. The van der Waals surface area contributed by atoms with Crippen LogP contribution in [0.1, 0.15) is 39.0 Å². The van der Waals surface area contributed by atoms with Gasteiger partial charge in [0.2, 0.25) is 0 Å². The molecular weight excluding hydrogens is 334 g/mol. The number of pyridine rings is 1. The molecular formula is C15H18BrN3S. The number of hydrogen-bond donors (Lipinski definition) is 1. The zero-order valence-corrected chi connectivity index (χ0v) is 14.5. The van der Waals surface area contributed by atoms with Crippen LogP contribution in [0.25, 0.3) is 11.4 Å². The van der Waals surface area contributed by atoms with Gasteiger partial charge in [0.15, 0.2) is 0 Å². The monoisotopic (exact) mass is 351 g/mol. The SMILES string of the molecule is CCc1cnccc1-c1nc(=S)c(Br)c(C(C)(C)C)[nH]1. The van der Waals surface area contributed by atoms with Gasteiger partial charge in [-0.25, -0.2) is 4.98 Å². The van der Waals surface area contributed by atoms with Gasteiger partial charge in [-0.05, 0) is 34.0 Å². The second-order valence-corrected chi connectivity index (χ2v) is 6.90. The van der Waals surface area contributed by atoms with Crippen LogP contribution < -0.4 is 0 Å². The Morgan fingerprint density at radius 1 is 1.35 bits per heavy atom. The summed E-state index contributed by atoms with van der Waals surface area (Å²) in [6, 6.07) is 1.98. The summed E-state index contributed by atoms with van der Waals surface area (Å²) in [6.45, 7) is 8.55. The minimum Gasteiger partial charge on any atom is -0.342 e. The molecule has 1 N–H and O–H groups in total. The molecule has 3 nitrogen and oxygen atoms in total. The number of aromatic amines is 1. The van der Waals surface area contributed by atoms with Crippen LogP contribution in [0.4, 0.5) is 0 Å². The molecule has 0 aromatic carbocycles. The Balaban J connectivity index is 2.71. The third-order valence-electron chi connectivity index (χ3n) is 3.15. The topological polar surface area (TPSA) is 41.6 Å².